The van der Waals surface area contributed by atoms with E-state index < -0.39 is 0 Å². The van der Waals surface area contributed by atoms with Crippen molar-refractivity contribution in [1.82, 2.24) is 10.6 Å². The van der Waals surface area contributed by atoms with Crippen molar-refractivity contribution in [2.24, 2.45) is 0 Å². The Labute approximate surface area is 143 Å². The average Bonchev–Trinajstić information content (AvgIpc) is 3.17. The maximum atomic E-state index is 12.2. The van der Waals surface area contributed by atoms with Crippen LogP contribution in [0.25, 0.3) is 0 Å². The van der Waals surface area contributed by atoms with Gasteiger partial charge in [0, 0.05) is 17.0 Å². The minimum Gasteiger partial charge on any atom is -0.354 e. The van der Waals surface area contributed by atoms with Gasteiger partial charge in [-0.05, 0) is 49.9 Å². The summed E-state index contributed by atoms with van der Waals surface area (Å²) in [6.07, 6.45) is 6.76. The number of hydrogen-bond acceptors (Lipinski definition) is 2. The molecule has 122 valence electrons. The second kappa shape index (κ2) is 7.67. The minimum absolute atomic E-state index is 0. The first kappa shape index (κ1) is 17.6. The molecule has 1 heterocycles. The second-order valence-electron chi connectivity index (χ2n) is 6.36. The quantitative estimate of drug-likeness (QED) is 0.879. The largest absolute Gasteiger partial charge is 0.354 e. The predicted molar refractivity (Wildman–Crippen MR) is 92.9 cm³/mol. The minimum atomic E-state index is 0. The summed E-state index contributed by atoms with van der Waals surface area (Å²) in [5.74, 6) is 0.154. The van der Waals surface area contributed by atoms with Gasteiger partial charge in [-0.15, -0.1) is 12.4 Å². The molecule has 1 unspecified atom stereocenters. The number of amides is 1. The molecule has 0 bridgehead atoms. The maximum absolute atomic E-state index is 12.2. The Morgan fingerprint density at radius 3 is 2.73 bits per heavy atom. The van der Waals surface area contributed by atoms with Crippen LogP contribution < -0.4 is 10.6 Å². The molecule has 0 aromatic heterocycles. The summed E-state index contributed by atoms with van der Waals surface area (Å²) in [5.41, 5.74) is 1.34. The first-order valence-electron chi connectivity index (χ1n) is 7.97. The number of carbonyl (C=O) groups excluding carboxylic acids is 1. The van der Waals surface area contributed by atoms with Crippen molar-refractivity contribution in [2.75, 3.05) is 13.1 Å². The van der Waals surface area contributed by atoms with Gasteiger partial charge in [0.1, 0.15) is 0 Å². The summed E-state index contributed by atoms with van der Waals surface area (Å²) >= 11 is 6.15. The highest BCUT2D eigenvalue weighted by molar-refractivity contribution is 6.30. The monoisotopic (exact) mass is 342 g/mol. The Morgan fingerprint density at radius 1 is 1.32 bits per heavy atom. The number of benzene rings is 1. The van der Waals surface area contributed by atoms with E-state index in [2.05, 4.69) is 22.8 Å². The second-order valence-corrected chi connectivity index (χ2v) is 6.80. The fourth-order valence-corrected chi connectivity index (χ4v) is 3.92. The molecule has 1 saturated carbocycles. The normalized spacial score (nSPS) is 23.0. The third-order valence-electron chi connectivity index (χ3n) is 4.98. The Morgan fingerprint density at radius 2 is 2.09 bits per heavy atom. The Balaban J connectivity index is 0.00000176. The molecule has 5 heteroatoms. The molecule has 2 fully saturated rings. The Hall–Kier alpha value is -0.770. The zero-order valence-electron chi connectivity index (χ0n) is 12.7. The van der Waals surface area contributed by atoms with Crippen LogP contribution in [0.3, 0.4) is 0 Å². The van der Waals surface area contributed by atoms with Gasteiger partial charge in [0.25, 0.3) is 0 Å². The lowest BCUT2D eigenvalue weighted by molar-refractivity contribution is -0.123. The first-order valence-corrected chi connectivity index (χ1v) is 8.35. The molecule has 0 spiro atoms. The third-order valence-corrected chi connectivity index (χ3v) is 5.21. The molecule has 2 aliphatic rings. The molecule has 3 nitrogen and oxygen atoms in total. The summed E-state index contributed by atoms with van der Waals surface area (Å²) in [6.45, 7) is 1.68. The fraction of sp³-hybridized carbons (Fsp3) is 0.588. The summed E-state index contributed by atoms with van der Waals surface area (Å²) in [7, 11) is 0. The molecular formula is C17H24Cl2N2O. The molecule has 22 heavy (non-hydrogen) atoms. The zero-order chi connectivity index (χ0) is 14.7. The summed E-state index contributed by atoms with van der Waals surface area (Å²) in [6, 6.07) is 8.14. The molecule has 2 N–H and O–H groups in total. The van der Waals surface area contributed by atoms with Crippen LogP contribution in [0.5, 0.6) is 0 Å². The summed E-state index contributed by atoms with van der Waals surface area (Å²) < 4.78 is 0. The van der Waals surface area contributed by atoms with E-state index in [1.807, 2.05) is 12.1 Å². The molecule has 1 saturated heterocycles. The van der Waals surface area contributed by atoms with Crippen LogP contribution >= 0.6 is 24.0 Å². The summed E-state index contributed by atoms with van der Waals surface area (Å²) in [4.78, 5) is 12.2. The molecular weight excluding hydrogens is 319 g/mol. The van der Waals surface area contributed by atoms with Crippen LogP contribution in [0.15, 0.2) is 24.3 Å². The fourth-order valence-electron chi connectivity index (χ4n) is 3.73. The average molecular weight is 343 g/mol. The van der Waals surface area contributed by atoms with Crippen LogP contribution in [0.4, 0.5) is 0 Å². The molecule has 1 aromatic rings. The van der Waals surface area contributed by atoms with Crippen LogP contribution in [-0.2, 0) is 10.2 Å². The first-order chi connectivity index (χ1) is 10.2. The van der Waals surface area contributed by atoms with Crippen LogP contribution in [-0.4, -0.2) is 25.0 Å². The van der Waals surface area contributed by atoms with E-state index in [0.717, 1.165) is 43.8 Å². The van der Waals surface area contributed by atoms with Gasteiger partial charge in [-0.25, -0.2) is 0 Å². The van der Waals surface area contributed by atoms with Crippen molar-refractivity contribution in [3.8, 4) is 0 Å². The summed E-state index contributed by atoms with van der Waals surface area (Å²) in [5, 5.41) is 7.22. The van der Waals surface area contributed by atoms with Crippen molar-refractivity contribution < 1.29 is 4.79 Å². The van der Waals surface area contributed by atoms with Crippen LogP contribution in [0.1, 0.15) is 44.1 Å². The lowest BCUT2D eigenvalue weighted by Gasteiger charge is -2.30. The smallest absolute Gasteiger partial charge is 0.237 e. The van der Waals surface area contributed by atoms with Crippen LogP contribution in [0.2, 0.25) is 5.02 Å². The SMILES string of the molecule is Cl.O=C(NCC1(c2cccc(Cl)c2)CCCC1)C1CCCN1. The number of carbonyl (C=O) groups is 1. The molecule has 1 aromatic carbocycles. The van der Waals surface area contributed by atoms with E-state index in [1.54, 1.807) is 0 Å². The molecule has 0 radical (unpaired) electrons. The number of nitrogens with one attached hydrogen (secondary N) is 2. The molecule has 1 aliphatic heterocycles. The third kappa shape index (κ3) is 3.76. The molecule has 1 aliphatic carbocycles. The molecule has 3 rings (SSSR count). The van der Waals surface area contributed by atoms with Crippen molar-refractivity contribution in [2.45, 2.75) is 50.0 Å². The van der Waals surface area contributed by atoms with Gasteiger partial charge in [0.05, 0.1) is 6.04 Å². The van der Waals surface area contributed by atoms with Crippen molar-refractivity contribution in [3.05, 3.63) is 34.9 Å². The van der Waals surface area contributed by atoms with E-state index in [1.165, 1.54) is 18.4 Å². The maximum Gasteiger partial charge on any atom is 0.237 e. The Bertz CT molecular complexity index is 509. The van der Waals surface area contributed by atoms with E-state index in [9.17, 15) is 4.79 Å². The number of rotatable bonds is 4. The predicted octanol–water partition coefficient (Wildman–Crippen LogP) is 3.44. The molecule has 1 atom stereocenters. The highest BCUT2D eigenvalue weighted by atomic mass is 35.5. The van der Waals surface area contributed by atoms with Gasteiger partial charge in [-0.1, -0.05) is 36.6 Å². The van der Waals surface area contributed by atoms with E-state index in [-0.39, 0.29) is 29.8 Å². The lowest BCUT2D eigenvalue weighted by atomic mass is 9.78. The number of hydrogen-bond donors (Lipinski definition) is 2. The van der Waals surface area contributed by atoms with Gasteiger partial charge < -0.3 is 10.6 Å². The molecule has 1 amide bonds. The van der Waals surface area contributed by atoms with Gasteiger partial charge in [0.2, 0.25) is 5.91 Å². The number of halogens is 2. The van der Waals surface area contributed by atoms with E-state index >= 15 is 0 Å². The van der Waals surface area contributed by atoms with Crippen molar-refractivity contribution in [3.63, 3.8) is 0 Å². The van der Waals surface area contributed by atoms with E-state index in [4.69, 9.17) is 11.6 Å². The van der Waals surface area contributed by atoms with Crippen LogP contribution in [0, 0.1) is 0 Å². The van der Waals surface area contributed by atoms with Gasteiger partial charge in [-0.3, -0.25) is 4.79 Å². The standard InChI is InChI=1S/C17H23ClN2O.ClH/c18-14-6-3-5-13(11-14)17(8-1-2-9-17)12-20-16(21)15-7-4-10-19-15;/h3,5-6,11,15,19H,1-2,4,7-10,12H2,(H,20,21);1H. The van der Waals surface area contributed by atoms with E-state index in [0.29, 0.717) is 0 Å². The highest BCUT2D eigenvalue weighted by Crippen LogP contribution is 2.41. The van der Waals surface area contributed by atoms with Gasteiger partial charge in [-0.2, -0.15) is 0 Å². The lowest BCUT2D eigenvalue weighted by Crippen LogP contribution is -2.46. The van der Waals surface area contributed by atoms with Gasteiger partial charge >= 0.3 is 0 Å². The topological polar surface area (TPSA) is 41.1 Å². The highest BCUT2D eigenvalue weighted by Gasteiger charge is 2.36. The Kier molecular flexibility index (Phi) is 6.13. The van der Waals surface area contributed by atoms with Crippen molar-refractivity contribution >= 4 is 29.9 Å². The zero-order valence-corrected chi connectivity index (χ0v) is 14.3. The van der Waals surface area contributed by atoms with Gasteiger partial charge in [0.15, 0.2) is 0 Å². The van der Waals surface area contributed by atoms with Crippen molar-refractivity contribution in [1.29, 1.82) is 0 Å².